The number of aliphatic hydroxyl groups excluding tert-OH is 1. The van der Waals surface area contributed by atoms with Gasteiger partial charge in [-0.25, -0.2) is 0 Å². The molecule has 0 bridgehead atoms. The molecule has 0 amide bonds. The van der Waals surface area contributed by atoms with Crippen molar-refractivity contribution in [3.8, 4) is 0 Å². The second-order valence-electron chi connectivity index (χ2n) is 5.27. The zero-order valence-corrected chi connectivity index (χ0v) is 15.5. The lowest BCUT2D eigenvalue weighted by molar-refractivity contribution is 0.223. The van der Waals surface area contributed by atoms with Crippen LogP contribution in [0.25, 0.3) is 0 Å². The highest BCUT2D eigenvalue weighted by Crippen LogP contribution is 2.25. The minimum atomic E-state index is 0.172. The molecule has 1 aromatic heterocycles. The lowest BCUT2D eigenvalue weighted by atomic mass is 9.95. The van der Waals surface area contributed by atoms with E-state index in [2.05, 4.69) is 56.0 Å². The molecule has 1 atom stereocenters. The van der Waals surface area contributed by atoms with Crippen molar-refractivity contribution in [3.63, 3.8) is 0 Å². The Morgan fingerprint density at radius 2 is 2.05 bits per heavy atom. The standard InChI is InChI=1S/C16H20Br2N2O/c1-3-14-16(18)15(20(2)19-14)9-12(10-21)7-11-5-4-6-13(17)8-11/h4-6,8,12,21H,3,7,9-10H2,1-2H3. The summed E-state index contributed by atoms with van der Waals surface area (Å²) in [7, 11) is 1.97. The highest BCUT2D eigenvalue weighted by Gasteiger charge is 2.17. The second-order valence-corrected chi connectivity index (χ2v) is 6.98. The Balaban J connectivity index is 2.14. The normalized spacial score (nSPS) is 12.6. The molecule has 0 aliphatic carbocycles. The molecular weight excluding hydrogens is 396 g/mol. The lowest BCUT2D eigenvalue weighted by Crippen LogP contribution is -2.15. The van der Waals surface area contributed by atoms with Gasteiger partial charge < -0.3 is 5.11 Å². The molecule has 5 heteroatoms. The lowest BCUT2D eigenvalue weighted by Gasteiger charge is -2.15. The molecule has 114 valence electrons. The van der Waals surface area contributed by atoms with E-state index in [1.165, 1.54) is 5.56 Å². The SMILES string of the molecule is CCc1nn(C)c(CC(CO)Cc2cccc(Br)c2)c1Br. The Hall–Kier alpha value is -0.650. The Kier molecular flexibility index (Phi) is 6.02. The first kappa shape index (κ1) is 16.7. The van der Waals surface area contributed by atoms with Gasteiger partial charge >= 0.3 is 0 Å². The molecule has 3 nitrogen and oxygen atoms in total. The molecular formula is C16H20Br2N2O. The van der Waals surface area contributed by atoms with Crippen molar-refractivity contribution in [2.75, 3.05) is 6.61 Å². The quantitative estimate of drug-likeness (QED) is 0.776. The number of rotatable bonds is 6. The first-order chi connectivity index (χ1) is 10.0. The van der Waals surface area contributed by atoms with Crippen LogP contribution in [0.1, 0.15) is 23.9 Å². The molecule has 2 rings (SSSR count). The average molecular weight is 416 g/mol. The summed E-state index contributed by atoms with van der Waals surface area (Å²) >= 11 is 7.14. The first-order valence-corrected chi connectivity index (χ1v) is 8.69. The summed E-state index contributed by atoms with van der Waals surface area (Å²) in [5.41, 5.74) is 3.46. The Labute approximate surface area is 142 Å². The predicted molar refractivity (Wildman–Crippen MR) is 92.4 cm³/mol. The zero-order valence-electron chi connectivity index (χ0n) is 12.3. The van der Waals surface area contributed by atoms with E-state index in [-0.39, 0.29) is 12.5 Å². The maximum Gasteiger partial charge on any atom is 0.0766 e. The molecule has 1 unspecified atom stereocenters. The number of halogens is 2. The number of hydrogen-bond donors (Lipinski definition) is 1. The highest BCUT2D eigenvalue weighted by atomic mass is 79.9. The Bertz CT molecular complexity index is 610. The van der Waals surface area contributed by atoms with E-state index < -0.39 is 0 Å². The zero-order chi connectivity index (χ0) is 15.4. The third kappa shape index (κ3) is 4.18. The fourth-order valence-corrected chi connectivity index (χ4v) is 3.74. The van der Waals surface area contributed by atoms with Crippen molar-refractivity contribution in [3.05, 3.63) is 50.2 Å². The number of nitrogens with zero attached hydrogens (tertiary/aromatic N) is 2. The van der Waals surface area contributed by atoms with Crippen LogP contribution in [-0.4, -0.2) is 21.5 Å². The maximum absolute atomic E-state index is 9.71. The molecule has 0 radical (unpaired) electrons. The Morgan fingerprint density at radius 1 is 1.29 bits per heavy atom. The fraction of sp³-hybridized carbons (Fsp3) is 0.438. The van der Waals surface area contributed by atoms with E-state index in [0.717, 1.165) is 39.6 Å². The summed E-state index contributed by atoms with van der Waals surface area (Å²) in [5, 5.41) is 14.2. The van der Waals surface area contributed by atoms with Crippen molar-refractivity contribution >= 4 is 31.9 Å². The van der Waals surface area contributed by atoms with Gasteiger partial charge in [0, 0.05) is 18.1 Å². The van der Waals surface area contributed by atoms with Crippen LogP contribution in [0.15, 0.2) is 33.2 Å². The van der Waals surface area contributed by atoms with Crippen LogP contribution in [0.5, 0.6) is 0 Å². The molecule has 1 N–H and O–H groups in total. The van der Waals surface area contributed by atoms with Crippen LogP contribution in [0.3, 0.4) is 0 Å². The first-order valence-electron chi connectivity index (χ1n) is 7.10. The molecule has 0 fully saturated rings. The van der Waals surface area contributed by atoms with E-state index in [0.29, 0.717) is 0 Å². The summed E-state index contributed by atoms with van der Waals surface area (Å²) in [5.74, 6) is 0.190. The van der Waals surface area contributed by atoms with Gasteiger partial charge in [0.15, 0.2) is 0 Å². The van der Waals surface area contributed by atoms with Crippen molar-refractivity contribution in [1.82, 2.24) is 9.78 Å². The van der Waals surface area contributed by atoms with E-state index in [1.54, 1.807) is 0 Å². The van der Waals surface area contributed by atoms with Gasteiger partial charge in [0.2, 0.25) is 0 Å². The van der Waals surface area contributed by atoms with E-state index in [4.69, 9.17) is 0 Å². The predicted octanol–water partition coefficient (Wildman–Crippen LogP) is 3.90. The van der Waals surface area contributed by atoms with Gasteiger partial charge in [0.1, 0.15) is 0 Å². The molecule has 2 aromatic rings. The molecule has 0 aliphatic rings. The van der Waals surface area contributed by atoms with Crippen LogP contribution >= 0.6 is 31.9 Å². The minimum Gasteiger partial charge on any atom is -0.396 e. The van der Waals surface area contributed by atoms with Gasteiger partial charge in [-0.3, -0.25) is 4.68 Å². The van der Waals surface area contributed by atoms with Crippen LogP contribution in [0.2, 0.25) is 0 Å². The van der Waals surface area contributed by atoms with Crippen molar-refractivity contribution in [2.24, 2.45) is 13.0 Å². The second kappa shape index (κ2) is 7.56. The number of aryl methyl sites for hydroxylation is 2. The van der Waals surface area contributed by atoms with E-state index >= 15 is 0 Å². The molecule has 0 spiro atoms. The topological polar surface area (TPSA) is 38.0 Å². The third-order valence-corrected chi connectivity index (χ3v) is 5.07. The molecule has 21 heavy (non-hydrogen) atoms. The summed E-state index contributed by atoms with van der Waals surface area (Å²) in [4.78, 5) is 0. The van der Waals surface area contributed by atoms with E-state index in [1.807, 2.05) is 23.9 Å². The Morgan fingerprint density at radius 3 is 2.62 bits per heavy atom. The smallest absolute Gasteiger partial charge is 0.0766 e. The van der Waals surface area contributed by atoms with Crippen LogP contribution in [-0.2, 0) is 26.3 Å². The van der Waals surface area contributed by atoms with Crippen LogP contribution in [0.4, 0.5) is 0 Å². The largest absolute Gasteiger partial charge is 0.396 e. The van der Waals surface area contributed by atoms with Crippen molar-refractivity contribution in [1.29, 1.82) is 0 Å². The van der Waals surface area contributed by atoms with Crippen molar-refractivity contribution < 1.29 is 5.11 Å². The average Bonchev–Trinajstić information content (AvgIpc) is 2.73. The molecule has 1 heterocycles. The van der Waals surface area contributed by atoms with Crippen molar-refractivity contribution in [2.45, 2.75) is 26.2 Å². The summed E-state index contributed by atoms with van der Waals surface area (Å²) in [6.07, 6.45) is 2.58. The maximum atomic E-state index is 9.71. The van der Waals surface area contributed by atoms with E-state index in [9.17, 15) is 5.11 Å². The van der Waals surface area contributed by atoms with Gasteiger partial charge in [0.25, 0.3) is 0 Å². The summed E-state index contributed by atoms with van der Waals surface area (Å²) in [6, 6.07) is 8.26. The number of aliphatic hydroxyl groups is 1. The minimum absolute atomic E-state index is 0.172. The number of aromatic nitrogens is 2. The highest BCUT2D eigenvalue weighted by molar-refractivity contribution is 9.10. The fourth-order valence-electron chi connectivity index (χ4n) is 2.51. The van der Waals surface area contributed by atoms with Crippen LogP contribution in [0, 0.1) is 5.92 Å². The van der Waals surface area contributed by atoms with Gasteiger partial charge in [-0.2, -0.15) is 5.10 Å². The van der Waals surface area contributed by atoms with Gasteiger partial charge in [-0.15, -0.1) is 0 Å². The monoisotopic (exact) mass is 414 g/mol. The van der Waals surface area contributed by atoms with Gasteiger partial charge in [-0.05, 0) is 58.8 Å². The summed E-state index contributed by atoms with van der Waals surface area (Å²) < 4.78 is 4.08. The number of hydrogen-bond acceptors (Lipinski definition) is 2. The van der Waals surface area contributed by atoms with Gasteiger partial charge in [-0.1, -0.05) is 35.0 Å². The molecule has 0 saturated heterocycles. The van der Waals surface area contributed by atoms with Crippen LogP contribution < -0.4 is 0 Å². The van der Waals surface area contributed by atoms with Gasteiger partial charge in [0.05, 0.1) is 15.9 Å². The molecule has 0 aliphatic heterocycles. The summed E-state index contributed by atoms with van der Waals surface area (Å²) in [6.45, 7) is 2.27. The third-order valence-electron chi connectivity index (χ3n) is 3.66. The molecule has 0 saturated carbocycles. The number of benzene rings is 1. The molecule has 1 aromatic carbocycles.